The first-order valence-electron chi connectivity index (χ1n) is 7.12. The Balaban J connectivity index is 2.22. The van der Waals surface area contributed by atoms with E-state index in [0.717, 1.165) is 5.52 Å². The van der Waals surface area contributed by atoms with Gasteiger partial charge in [0.25, 0.3) is 0 Å². The largest absolute Gasteiger partial charge is 0.506 e. The summed E-state index contributed by atoms with van der Waals surface area (Å²) in [5, 5.41) is 9.99. The van der Waals surface area contributed by atoms with Crippen molar-refractivity contribution >= 4 is 24.1 Å². The molecule has 122 valence electrons. The predicted octanol–water partition coefficient (Wildman–Crippen LogP) is 2.46. The van der Waals surface area contributed by atoms with Crippen molar-refractivity contribution in [2.45, 2.75) is 20.4 Å². The van der Waals surface area contributed by atoms with Gasteiger partial charge in [-0.1, -0.05) is 19.9 Å². The van der Waals surface area contributed by atoms with Crippen LogP contribution >= 0.6 is 7.60 Å². The maximum Gasteiger partial charge on any atom is 0.391 e. The Hall–Kier alpha value is -2.08. The van der Waals surface area contributed by atoms with E-state index in [1.54, 1.807) is 12.1 Å². The van der Waals surface area contributed by atoms with Gasteiger partial charge in [0.1, 0.15) is 11.3 Å². The normalized spacial score (nSPS) is 12.4. The van der Waals surface area contributed by atoms with Crippen LogP contribution in [0.4, 0.5) is 0 Å². The molecule has 3 rings (SSSR count). The number of hydrogen-bond acceptors (Lipinski definition) is 4. The third-order valence-corrected chi connectivity index (χ3v) is 4.22. The summed E-state index contributed by atoms with van der Waals surface area (Å²) in [7, 11) is -4.46. The Morgan fingerprint density at radius 3 is 2.61 bits per heavy atom. The molecule has 3 aromatic rings. The molecule has 0 aliphatic carbocycles. The molecular formula is C15H17N2O5P. The first kappa shape index (κ1) is 15.8. The van der Waals surface area contributed by atoms with Crippen LogP contribution in [0.3, 0.4) is 0 Å². The number of phenolic OH excluding ortho intramolecular Hbond substituents is 1. The minimum absolute atomic E-state index is 0.0491. The first-order chi connectivity index (χ1) is 10.8. The lowest BCUT2D eigenvalue weighted by Crippen LogP contribution is -2.06. The van der Waals surface area contributed by atoms with Crippen LogP contribution in [-0.4, -0.2) is 24.4 Å². The number of furan rings is 1. The number of phenols is 1. The van der Waals surface area contributed by atoms with E-state index in [0.29, 0.717) is 23.8 Å². The van der Waals surface area contributed by atoms with Crippen LogP contribution in [0.1, 0.15) is 13.8 Å². The van der Waals surface area contributed by atoms with E-state index in [2.05, 4.69) is 4.98 Å². The van der Waals surface area contributed by atoms with Crippen LogP contribution in [0.2, 0.25) is 0 Å². The lowest BCUT2D eigenvalue weighted by atomic mass is 10.2. The maximum absolute atomic E-state index is 11.3. The molecule has 2 heterocycles. The number of rotatable bonds is 4. The second kappa shape index (κ2) is 5.53. The number of aromatic hydroxyl groups is 1. The van der Waals surface area contributed by atoms with Gasteiger partial charge in [-0.2, -0.15) is 0 Å². The van der Waals surface area contributed by atoms with Crippen molar-refractivity contribution in [3.63, 3.8) is 0 Å². The summed E-state index contributed by atoms with van der Waals surface area (Å²) >= 11 is 0. The fourth-order valence-electron chi connectivity index (χ4n) is 2.47. The van der Waals surface area contributed by atoms with Gasteiger partial charge in [-0.05, 0) is 30.2 Å². The second-order valence-electron chi connectivity index (χ2n) is 5.77. The molecule has 7 nitrogen and oxygen atoms in total. The number of fused-ring (bicyclic) bond motifs is 1. The molecule has 0 saturated heterocycles. The first-order valence-corrected chi connectivity index (χ1v) is 8.73. The SMILES string of the molecule is CC(C)Cn1c(-c2ccc(P(=O)(O)O)o2)nc2c(O)cccc21. The predicted molar refractivity (Wildman–Crippen MR) is 85.6 cm³/mol. The summed E-state index contributed by atoms with van der Waals surface area (Å²) in [6, 6.07) is 7.82. The van der Waals surface area contributed by atoms with Gasteiger partial charge in [0.2, 0.25) is 5.50 Å². The van der Waals surface area contributed by atoms with E-state index in [9.17, 15) is 19.5 Å². The zero-order valence-corrected chi connectivity index (χ0v) is 13.6. The van der Waals surface area contributed by atoms with Gasteiger partial charge >= 0.3 is 7.60 Å². The summed E-state index contributed by atoms with van der Waals surface area (Å²) in [5.74, 6) is 1.03. The second-order valence-corrected chi connectivity index (χ2v) is 7.30. The van der Waals surface area contributed by atoms with E-state index in [4.69, 9.17) is 4.42 Å². The Labute approximate surface area is 132 Å². The lowest BCUT2D eigenvalue weighted by molar-refractivity contribution is 0.377. The molecule has 0 unspecified atom stereocenters. The van der Waals surface area contributed by atoms with E-state index in [-0.39, 0.29) is 11.5 Å². The molecule has 0 fully saturated rings. The highest BCUT2D eigenvalue weighted by molar-refractivity contribution is 7.59. The fourth-order valence-corrected chi connectivity index (χ4v) is 2.96. The van der Waals surface area contributed by atoms with E-state index in [1.807, 2.05) is 24.5 Å². The average molecular weight is 336 g/mol. The minimum Gasteiger partial charge on any atom is -0.506 e. The number of benzene rings is 1. The molecule has 3 N–H and O–H groups in total. The zero-order valence-electron chi connectivity index (χ0n) is 12.7. The molecule has 8 heteroatoms. The van der Waals surface area contributed by atoms with Crippen molar-refractivity contribution in [2.75, 3.05) is 0 Å². The van der Waals surface area contributed by atoms with Gasteiger partial charge in [0, 0.05) is 6.54 Å². The Morgan fingerprint density at radius 2 is 2.00 bits per heavy atom. The maximum atomic E-state index is 11.3. The zero-order chi connectivity index (χ0) is 16.8. The van der Waals surface area contributed by atoms with Crippen molar-refractivity contribution in [3.05, 3.63) is 30.3 Å². The van der Waals surface area contributed by atoms with Crippen LogP contribution in [-0.2, 0) is 11.1 Å². The van der Waals surface area contributed by atoms with Crippen molar-refractivity contribution in [1.29, 1.82) is 0 Å². The minimum atomic E-state index is -4.46. The van der Waals surface area contributed by atoms with Crippen molar-refractivity contribution in [3.8, 4) is 17.3 Å². The topological polar surface area (TPSA) is 109 Å². The smallest absolute Gasteiger partial charge is 0.391 e. The third kappa shape index (κ3) is 2.91. The van der Waals surface area contributed by atoms with Crippen LogP contribution < -0.4 is 5.50 Å². The summed E-state index contributed by atoms with van der Waals surface area (Å²) in [5.41, 5.74) is 0.764. The van der Waals surface area contributed by atoms with E-state index < -0.39 is 13.1 Å². The molecule has 0 aliphatic heterocycles. The third-order valence-electron chi connectivity index (χ3n) is 3.40. The highest BCUT2D eigenvalue weighted by atomic mass is 31.2. The Bertz CT molecular complexity index is 906. The number of aromatic nitrogens is 2. The monoisotopic (exact) mass is 336 g/mol. The molecule has 23 heavy (non-hydrogen) atoms. The van der Waals surface area contributed by atoms with Crippen molar-refractivity contribution < 1.29 is 23.9 Å². The van der Waals surface area contributed by atoms with Gasteiger partial charge < -0.3 is 23.9 Å². The highest BCUT2D eigenvalue weighted by Crippen LogP contribution is 2.36. The fraction of sp³-hybridized carbons (Fsp3) is 0.267. The molecule has 0 radical (unpaired) electrons. The summed E-state index contributed by atoms with van der Waals surface area (Å²) in [4.78, 5) is 22.8. The average Bonchev–Trinajstić information content (AvgIpc) is 3.04. The standard InChI is InChI=1S/C15H17N2O5P/c1-9(2)8-17-10-4-3-5-11(18)14(10)16-15(17)12-6-7-13(22-12)23(19,20)21/h3-7,9,18H,8H2,1-2H3,(H2,19,20,21). The van der Waals surface area contributed by atoms with Gasteiger partial charge in [-0.15, -0.1) is 0 Å². The lowest BCUT2D eigenvalue weighted by Gasteiger charge is -2.10. The van der Waals surface area contributed by atoms with E-state index in [1.165, 1.54) is 12.1 Å². The summed E-state index contributed by atoms with van der Waals surface area (Å²) < 4.78 is 18.5. The molecule has 0 saturated carbocycles. The van der Waals surface area contributed by atoms with Crippen molar-refractivity contribution in [2.24, 2.45) is 5.92 Å². The van der Waals surface area contributed by atoms with Crippen molar-refractivity contribution in [1.82, 2.24) is 9.55 Å². The van der Waals surface area contributed by atoms with Crippen LogP contribution in [0.15, 0.2) is 34.7 Å². The number of imidazole rings is 1. The van der Waals surface area contributed by atoms with Gasteiger partial charge in [-0.25, -0.2) is 4.98 Å². The molecule has 0 atom stereocenters. The summed E-state index contributed by atoms with van der Waals surface area (Å²) in [6.45, 7) is 4.71. The number of nitrogens with zero attached hydrogens (tertiary/aromatic N) is 2. The van der Waals surface area contributed by atoms with Gasteiger partial charge in [0.05, 0.1) is 5.52 Å². The van der Waals surface area contributed by atoms with Crippen LogP contribution in [0.25, 0.3) is 22.6 Å². The summed E-state index contributed by atoms with van der Waals surface area (Å²) in [6.07, 6.45) is 0. The Kier molecular flexibility index (Phi) is 3.80. The van der Waals surface area contributed by atoms with Crippen LogP contribution in [0, 0.1) is 5.92 Å². The molecule has 0 bridgehead atoms. The van der Waals surface area contributed by atoms with Gasteiger partial charge in [-0.3, -0.25) is 4.57 Å². The molecule has 0 aliphatic rings. The van der Waals surface area contributed by atoms with Gasteiger partial charge in [0.15, 0.2) is 11.6 Å². The van der Waals surface area contributed by atoms with Crippen LogP contribution in [0.5, 0.6) is 5.75 Å². The number of para-hydroxylation sites is 1. The highest BCUT2D eigenvalue weighted by Gasteiger charge is 2.25. The van der Waals surface area contributed by atoms with E-state index >= 15 is 0 Å². The Morgan fingerprint density at radius 1 is 1.26 bits per heavy atom. The molecule has 0 amide bonds. The molecule has 2 aromatic heterocycles. The molecule has 0 spiro atoms. The molecular weight excluding hydrogens is 319 g/mol. The quantitative estimate of drug-likeness (QED) is 0.632. The number of hydrogen-bond donors (Lipinski definition) is 3. The molecule has 1 aromatic carbocycles.